The molecule has 4 nitrogen and oxygen atoms in total. The molecule has 0 unspecified atom stereocenters. The molecule has 0 bridgehead atoms. The Bertz CT molecular complexity index is 108. The predicted octanol–water partition coefficient (Wildman–Crippen LogP) is -0.353. The highest BCUT2D eigenvalue weighted by molar-refractivity contribution is 6.25. The third-order valence-electron chi connectivity index (χ3n) is 0.428. The van der Waals surface area contributed by atoms with E-state index in [-0.39, 0.29) is 0 Å². The van der Waals surface area contributed by atoms with Crippen molar-refractivity contribution >= 4 is 19.6 Å². The molecule has 0 atom stereocenters. The molecule has 0 amide bonds. The lowest BCUT2D eigenvalue weighted by Gasteiger charge is -1.95. The number of carbonyl (C=O) groups excluding carboxylic acids is 2. The van der Waals surface area contributed by atoms with Crippen LogP contribution in [0, 0.1) is 0 Å². The van der Waals surface area contributed by atoms with Crippen LogP contribution < -0.4 is 0 Å². The third kappa shape index (κ3) is 7.00. The summed E-state index contributed by atoms with van der Waals surface area (Å²) in [5.74, 6) is -1.03. The topological polar surface area (TPSA) is 52.6 Å². The molecule has 0 fully saturated rings. The smallest absolute Gasteiger partial charge is 0.500 e. The number of hydrogen-bond donors (Lipinski definition) is 0. The maximum absolute atomic E-state index is 9.98. The van der Waals surface area contributed by atoms with Gasteiger partial charge in [0.2, 0.25) is 0 Å². The molecule has 5 heteroatoms. The van der Waals surface area contributed by atoms with Crippen LogP contribution in [0.1, 0.15) is 13.8 Å². The molecule has 0 rings (SSSR count). The molecule has 0 aliphatic carbocycles. The standard InChI is InChI=1S/C4H6BO4/c1-3(6)8-5-9-4(2)7/h1-2H3. The average Bonchev–Trinajstić information content (AvgIpc) is 1.63. The fourth-order valence-electron chi connectivity index (χ4n) is 0.160. The Morgan fingerprint density at radius 1 is 1.11 bits per heavy atom. The molecule has 49 valence electrons. The van der Waals surface area contributed by atoms with E-state index in [1.165, 1.54) is 13.8 Å². The molecular weight excluding hydrogens is 123 g/mol. The van der Waals surface area contributed by atoms with Crippen LogP contribution in [0.2, 0.25) is 0 Å². The largest absolute Gasteiger partial charge is 0.662 e. The van der Waals surface area contributed by atoms with Crippen LogP contribution in [-0.4, -0.2) is 19.6 Å². The van der Waals surface area contributed by atoms with Crippen molar-refractivity contribution < 1.29 is 18.9 Å². The zero-order valence-corrected chi connectivity index (χ0v) is 5.21. The SMILES string of the molecule is CC(=O)O[B]OC(C)=O. The minimum atomic E-state index is -0.517. The van der Waals surface area contributed by atoms with Gasteiger partial charge in [-0.25, -0.2) is 0 Å². The van der Waals surface area contributed by atoms with Gasteiger partial charge in [-0.2, -0.15) is 0 Å². The van der Waals surface area contributed by atoms with Crippen molar-refractivity contribution in [1.82, 2.24) is 0 Å². The molecule has 0 saturated heterocycles. The van der Waals surface area contributed by atoms with E-state index in [4.69, 9.17) is 0 Å². The lowest BCUT2D eigenvalue weighted by Crippen LogP contribution is -2.11. The van der Waals surface area contributed by atoms with Crippen LogP contribution in [0.4, 0.5) is 0 Å². The molecular formula is C4H6BO4. The fourth-order valence-corrected chi connectivity index (χ4v) is 0.160. The van der Waals surface area contributed by atoms with Gasteiger partial charge in [-0.1, -0.05) is 0 Å². The second-order valence-corrected chi connectivity index (χ2v) is 1.32. The first-order chi connectivity index (χ1) is 4.13. The highest BCUT2D eigenvalue weighted by Gasteiger charge is 2.01. The molecule has 0 aliphatic heterocycles. The Labute approximate surface area is 53.4 Å². The summed E-state index contributed by atoms with van der Waals surface area (Å²) in [5, 5.41) is 0. The van der Waals surface area contributed by atoms with Crippen LogP contribution in [0.15, 0.2) is 0 Å². The van der Waals surface area contributed by atoms with Crippen LogP contribution in [-0.2, 0) is 18.9 Å². The zero-order valence-electron chi connectivity index (χ0n) is 5.21. The molecule has 0 aromatic heterocycles. The molecule has 9 heavy (non-hydrogen) atoms. The lowest BCUT2D eigenvalue weighted by atomic mass is 10.4. The summed E-state index contributed by atoms with van der Waals surface area (Å²) in [6, 6.07) is 0. The normalized spacial score (nSPS) is 7.78. The Kier molecular flexibility index (Phi) is 3.51. The quantitative estimate of drug-likeness (QED) is 0.478. The highest BCUT2D eigenvalue weighted by atomic mass is 16.6. The maximum Gasteiger partial charge on any atom is 0.662 e. The Morgan fingerprint density at radius 2 is 1.44 bits per heavy atom. The first kappa shape index (κ1) is 8.00. The molecule has 0 aromatic carbocycles. The minimum absolute atomic E-state index is 0.517. The van der Waals surface area contributed by atoms with Gasteiger partial charge >= 0.3 is 7.69 Å². The highest BCUT2D eigenvalue weighted by Crippen LogP contribution is 1.75. The third-order valence-corrected chi connectivity index (χ3v) is 0.428. The molecule has 0 N–H and O–H groups in total. The predicted molar refractivity (Wildman–Crippen MR) is 29.3 cm³/mol. The van der Waals surface area contributed by atoms with Gasteiger partial charge in [0, 0.05) is 13.8 Å². The van der Waals surface area contributed by atoms with Crippen molar-refractivity contribution in [2.45, 2.75) is 13.8 Å². The van der Waals surface area contributed by atoms with Crippen LogP contribution >= 0.6 is 0 Å². The number of hydrogen-bond acceptors (Lipinski definition) is 4. The molecule has 1 radical (unpaired) electrons. The van der Waals surface area contributed by atoms with E-state index in [0.717, 1.165) is 0 Å². The van der Waals surface area contributed by atoms with Crippen molar-refractivity contribution in [3.8, 4) is 0 Å². The minimum Gasteiger partial charge on any atom is -0.500 e. The van der Waals surface area contributed by atoms with Gasteiger partial charge in [-0.3, -0.25) is 9.59 Å². The summed E-state index contributed by atoms with van der Waals surface area (Å²) in [5.41, 5.74) is 0. The molecule has 0 aromatic rings. The zero-order chi connectivity index (χ0) is 7.28. The number of rotatable bonds is 2. The molecule has 0 saturated carbocycles. The van der Waals surface area contributed by atoms with E-state index in [0.29, 0.717) is 7.69 Å². The number of carbonyl (C=O) groups is 2. The van der Waals surface area contributed by atoms with Crippen LogP contribution in [0.5, 0.6) is 0 Å². The Hall–Kier alpha value is -0.995. The summed E-state index contributed by atoms with van der Waals surface area (Å²) in [6.45, 7) is 2.42. The van der Waals surface area contributed by atoms with Gasteiger partial charge in [0.25, 0.3) is 11.9 Å². The average molecular weight is 129 g/mol. The Morgan fingerprint density at radius 3 is 1.67 bits per heavy atom. The monoisotopic (exact) mass is 129 g/mol. The second-order valence-electron chi connectivity index (χ2n) is 1.32. The molecule has 0 heterocycles. The van der Waals surface area contributed by atoms with Gasteiger partial charge in [-0.15, -0.1) is 0 Å². The first-order valence-corrected chi connectivity index (χ1v) is 2.29. The van der Waals surface area contributed by atoms with E-state index in [9.17, 15) is 9.59 Å². The second kappa shape index (κ2) is 3.94. The van der Waals surface area contributed by atoms with E-state index >= 15 is 0 Å². The molecule has 0 spiro atoms. The molecule has 0 aliphatic rings. The summed E-state index contributed by atoms with van der Waals surface area (Å²) >= 11 is 0. The van der Waals surface area contributed by atoms with Gasteiger partial charge in [0.05, 0.1) is 0 Å². The van der Waals surface area contributed by atoms with E-state index in [1.54, 1.807) is 0 Å². The van der Waals surface area contributed by atoms with Crippen molar-refractivity contribution in [3.63, 3.8) is 0 Å². The Balaban J connectivity index is 3.10. The fraction of sp³-hybridized carbons (Fsp3) is 0.500. The first-order valence-electron chi connectivity index (χ1n) is 2.29. The summed E-state index contributed by atoms with van der Waals surface area (Å²) in [7, 11) is 0.699. The van der Waals surface area contributed by atoms with Crippen molar-refractivity contribution in [2.75, 3.05) is 0 Å². The van der Waals surface area contributed by atoms with Crippen LogP contribution in [0.25, 0.3) is 0 Å². The van der Waals surface area contributed by atoms with E-state index in [1.807, 2.05) is 0 Å². The van der Waals surface area contributed by atoms with Gasteiger partial charge in [0.15, 0.2) is 0 Å². The summed E-state index contributed by atoms with van der Waals surface area (Å²) in [6.07, 6.45) is 0. The van der Waals surface area contributed by atoms with Crippen molar-refractivity contribution in [3.05, 3.63) is 0 Å². The van der Waals surface area contributed by atoms with Crippen molar-refractivity contribution in [1.29, 1.82) is 0 Å². The van der Waals surface area contributed by atoms with Gasteiger partial charge < -0.3 is 9.31 Å². The van der Waals surface area contributed by atoms with Crippen LogP contribution in [0.3, 0.4) is 0 Å². The maximum atomic E-state index is 9.98. The lowest BCUT2D eigenvalue weighted by molar-refractivity contribution is -0.136. The van der Waals surface area contributed by atoms with E-state index < -0.39 is 11.9 Å². The van der Waals surface area contributed by atoms with Gasteiger partial charge in [0.1, 0.15) is 0 Å². The van der Waals surface area contributed by atoms with Gasteiger partial charge in [-0.05, 0) is 0 Å². The summed E-state index contributed by atoms with van der Waals surface area (Å²) in [4.78, 5) is 20.0. The van der Waals surface area contributed by atoms with E-state index in [2.05, 4.69) is 9.31 Å². The summed E-state index contributed by atoms with van der Waals surface area (Å²) < 4.78 is 8.29. The van der Waals surface area contributed by atoms with Crippen molar-refractivity contribution in [2.24, 2.45) is 0 Å².